The smallest absolute Gasteiger partial charge is 0.130 e. The molecule has 4 heteroatoms. The van der Waals surface area contributed by atoms with Crippen LogP contribution in [-0.2, 0) is 5.54 Å². The topological polar surface area (TPSA) is 47.3 Å². The van der Waals surface area contributed by atoms with E-state index in [1.54, 1.807) is 11.3 Å². The molecule has 1 aliphatic carbocycles. The highest BCUT2D eigenvalue weighted by molar-refractivity contribution is 7.10. The molecule has 1 aromatic heterocycles. The van der Waals surface area contributed by atoms with Gasteiger partial charge >= 0.3 is 0 Å². The molecular formula is C23H30N2OS. The lowest BCUT2D eigenvalue weighted by molar-refractivity contribution is 0.305. The molecule has 0 bridgehead atoms. The molecule has 0 saturated heterocycles. The maximum absolute atomic E-state index is 5.99. The Morgan fingerprint density at radius 2 is 1.96 bits per heavy atom. The van der Waals surface area contributed by atoms with E-state index >= 15 is 0 Å². The lowest BCUT2D eigenvalue weighted by atomic mass is 9.88. The van der Waals surface area contributed by atoms with E-state index in [0.29, 0.717) is 0 Å². The van der Waals surface area contributed by atoms with E-state index in [-0.39, 0.29) is 5.54 Å². The summed E-state index contributed by atoms with van der Waals surface area (Å²) in [5.41, 5.74) is 7.61. The molecule has 3 rings (SSSR count). The summed E-state index contributed by atoms with van der Waals surface area (Å²) in [4.78, 5) is 1.24. The number of hydrogen-bond donors (Lipinski definition) is 2. The standard InChI is InChI=1S/C23H30N2OS/c1-2-3-4-5-9-16-26-21-17-22(27-18-21)23(14-12-19(24)13-15-23)25-20-10-7-6-8-11-20/h6-8,10-14,17-18,25H,2-5,9,15-16,24H2,1H3. The second kappa shape index (κ2) is 9.65. The molecule has 0 aliphatic heterocycles. The molecule has 0 amide bonds. The van der Waals surface area contributed by atoms with Crippen molar-refractivity contribution in [1.82, 2.24) is 0 Å². The van der Waals surface area contributed by atoms with E-state index in [1.165, 1.54) is 30.6 Å². The van der Waals surface area contributed by atoms with E-state index in [2.05, 4.69) is 48.0 Å². The molecule has 3 nitrogen and oxygen atoms in total. The number of unbranched alkanes of at least 4 members (excludes halogenated alkanes) is 4. The molecule has 2 aromatic rings. The number of allylic oxidation sites excluding steroid dienone is 1. The van der Waals surface area contributed by atoms with Crippen molar-refractivity contribution in [2.75, 3.05) is 11.9 Å². The highest BCUT2D eigenvalue weighted by Crippen LogP contribution is 2.39. The van der Waals surface area contributed by atoms with Crippen molar-refractivity contribution in [1.29, 1.82) is 0 Å². The molecule has 1 heterocycles. The number of para-hydroxylation sites is 1. The van der Waals surface area contributed by atoms with Gasteiger partial charge in [0.15, 0.2) is 0 Å². The number of anilines is 1. The van der Waals surface area contributed by atoms with Crippen LogP contribution in [0.25, 0.3) is 0 Å². The van der Waals surface area contributed by atoms with Gasteiger partial charge in [-0.05, 0) is 37.1 Å². The van der Waals surface area contributed by atoms with Crippen molar-refractivity contribution >= 4 is 17.0 Å². The predicted octanol–water partition coefficient (Wildman–Crippen LogP) is 6.21. The van der Waals surface area contributed by atoms with Gasteiger partial charge in [-0.25, -0.2) is 0 Å². The Kier molecular flexibility index (Phi) is 6.99. The minimum Gasteiger partial charge on any atom is -0.493 e. The minimum absolute atomic E-state index is 0.280. The summed E-state index contributed by atoms with van der Waals surface area (Å²) in [7, 11) is 0. The second-order valence-corrected chi connectivity index (χ2v) is 8.02. The first kappa shape index (κ1) is 19.6. The summed E-state index contributed by atoms with van der Waals surface area (Å²) >= 11 is 1.74. The Labute approximate surface area is 166 Å². The maximum atomic E-state index is 5.99. The quantitative estimate of drug-likeness (QED) is 0.480. The third-order valence-electron chi connectivity index (χ3n) is 4.89. The van der Waals surface area contributed by atoms with Crippen molar-refractivity contribution in [2.45, 2.75) is 51.0 Å². The molecular weight excluding hydrogens is 352 g/mol. The van der Waals surface area contributed by atoms with Crippen molar-refractivity contribution in [3.63, 3.8) is 0 Å². The fraction of sp³-hybridized carbons (Fsp3) is 0.391. The zero-order chi connectivity index (χ0) is 19.0. The fourth-order valence-corrected chi connectivity index (χ4v) is 4.27. The largest absolute Gasteiger partial charge is 0.493 e. The van der Waals surface area contributed by atoms with Gasteiger partial charge < -0.3 is 15.8 Å². The van der Waals surface area contributed by atoms with Crippen LogP contribution in [0.3, 0.4) is 0 Å². The van der Waals surface area contributed by atoms with Crippen LogP contribution >= 0.6 is 11.3 Å². The maximum Gasteiger partial charge on any atom is 0.130 e. The van der Waals surface area contributed by atoms with Crippen molar-refractivity contribution in [2.24, 2.45) is 5.73 Å². The molecule has 1 atom stereocenters. The number of nitrogens with one attached hydrogen (secondary N) is 1. The van der Waals surface area contributed by atoms with Crippen LogP contribution < -0.4 is 15.8 Å². The molecule has 1 aliphatic rings. The van der Waals surface area contributed by atoms with Gasteiger partial charge in [-0.15, -0.1) is 11.3 Å². The SMILES string of the molecule is CCCCCCCOc1csc(C2(Nc3ccccc3)C=CC(N)=CC2)c1. The number of rotatable bonds is 10. The van der Waals surface area contributed by atoms with E-state index in [0.717, 1.165) is 36.6 Å². The molecule has 1 unspecified atom stereocenters. The molecule has 0 spiro atoms. The summed E-state index contributed by atoms with van der Waals surface area (Å²) in [5, 5.41) is 5.82. The van der Waals surface area contributed by atoms with Crippen LogP contribution in [0.1, 0.15) is 50.3 Å². The van der Waals surface area contributed by atoms with Crippen LogP contribution in [0.15, 0.2) is 65.7 Å². The third-order valence-corrected chi connectivity index (χ3v) is 5.98. The Morgan fingerprint density at radius 3 is 2.70 bits per heavy atom. The molecule has 1 aromatic carbocycles. The van der Waals surface area contributed by atoms with Crippen LogP contribution in [0.4, 0.5) is 5.69 Å². The Bertz CT molecular complexity index is 766. The summed E-state index contributed by atoms with van der Waals surface area (Å²) in [6.45, 7) is 3.03. The molecule has 144 valence electrons. The van der Waals surface area contributed by atoms with E-state index < -0.39 is 0 Å². The first-order valence-electron chi connectivity index (χ1n) is 9.92. The zero-order valence-corrected chi connectivity index (χ0v) is 16.9. The third kappa shape index (κ3) is 5.39. The molecule has 0 saturated carbocycles. The Balaban J connectivity index is 1.67. The number of thiophene rings is 1. The molecule has 27 heavy (non-hydrogen) atoms. The van der Waals surface area contributed by atoms with Crippen LogP contribution in [0, 0.1) is 0 Å². The first-order chi connectivity index (χ1) is 13.2. The van der Waals surface area contributed by atoms with Gasteiger partial charge in [0, 0.05) is 21.6 Å². The fourth-order valence-electron chi connectivity index (χ4n) is 3.29. The van der Waals surface area contributed by atoms with Gasteiger partial charge in [-0.2, -0.15) is 0 Å². The Morgan fingerprint density at radius 1 is 1.15 bits per heavy atom. The highest BCUT2D eigenvalue weighted by atomic mass is 32.1. The van der Waals surface area contributed by atoms with E-state index in [9.17, 15) is 0 Å². The van der Waals surface area contributed by atoms with Crippen molar-refractivity contribution in [3.8, 4) is 5.75 Å². The molecule has 0 fully saturated rings. The molecule has 0 radical (unpaired) electrons. The zero-order valence-electron chi connectivity index (χ0n) is 16.1. The van der Waals surface area contributed by atoms with Gasteiger partial charge in [0.2, 0.25) is 0 Å². The Hall–Kier alpha value is -2.20. The number of ether oxygens (including phenoxy) is 1. The average molecular weight is 383 g/mol. The predicted molar refractivity (Wildman–Crippen MR) is 116 cm³/mol. The first-order valence-corrected chi connectivity index (χ1v) is 10.8. The summed E-state index contributed by atoms with van der Waals surface area (Å²) < 4.78 is 5.99. The van der Waals surface area contributed by atoms with Gasteiger partial charge in [0.1, 0.15) is 5.75 Å². The summed E-state index contributed by atoms with van der Waals surface area (Å²) in [6, 6.07) is 12.5. The van der Waals surface area contributed by atoms with Crippen molar-refractivity contribution in [3.05, 3.63) is 70.6 Å². The van der Waals surface area contributed by atoms with Crippen LogP contribution in [0.2, 0.25) is 0 Å². The van der Waals surface area contributed by atoms with E-state index in [1.807, 2.05) is 24.3 Å². The molecule has 3 N–H and O–H groups in total. The lowest BCUT2D eigenvalue weighted by Gasteiger charge is -2.33. The second-order valence-electron chi connectivity index (χ2n) is 7.11. The number of nitrogens with two attached hydrogens (primary N) is 1. The lowest BCUT2D eigenvalue weighted by Crippen LogP contribution is -2.33. The average Bonchev–Trinajstić information content (AvgIpc) is 3.17. The van der Waals surface area contributed by atoms with Crippen LogP contribution in [-0.4, -0.2) is 6.61 Å². The summed E-state index contributed by atoms with van der Waals surface area (Å²) in [5.74, 6) is 0.968. The normalized spacial score (nSPS) is 18.9. The van der Waals surface area contributed by atoms with Gasteiger partial charge in [0.25, 0.3) is 0 Å². The highest BCUT2D eigenvalue weighted by Gasteiger charge is 2.32. The summed E-state index contributed by atoms with van der Waals surface area (Å²) in [6.07, 6.45) is 13.3. The van der Waals surface area contributed by atoms with Gasteiger partial charge in [0.05, 0.1) is 12.1 Å². The van der Waals surface area contributed by atoms with Crippen molar-refractivity contribution < 1.29 is 4.74 Å². The van der Waals surface area contributed by atoms with Gasteiger partial charge in [-0.3, -0.25) is 0 Å². The monoisotopic (exact) mass is 382 g/mol. The number of benzene rings is 1. The van der Waals surface area contributed by atoms with E-state index in [4.69, 9.17) is 10.5 Å². The number of hydrogen-bond acceptors (Lipinski definition) is 4. The minimum atomic E-state index is -0.280. The van der Waals surface area contributed by atoms with Crippen LogP contribution in [0.5, 0.6) is 5.75 Å². The van der Waals surface area contributed by atoms with Gasteiger partial charge in [-0.1, -0.05) is 63.0 Å².